The van der Waals surface area contributed by atoms with Crippen LogP contribution in [0.4, 0.5) is 20.2 Å². The lowest BCUT2D eigenvalue weighted by Gasteiger charge is -2.33. The summed E-state index contributed by atoms with van der Waals surface area (Å²) in [5, 5.41) is 0. The first-order chi connectivity index (χ1) is 16.4. The molecular weight excluding hydrogens is 500 g/mol. The minimum absolute atomic E-state index is 0.240. The largest absolute Gasteiger partial charge is 0.326 e. The third kappa shape index (κ3) is 4.61. The molecule has 2 fully saturated rings. The molecule has 1 saturated carbocycles. The first kappa shape index (κ1) is 24.3. The van der Waals surface area contributed by atoms with E-state index in [9.17, 15) is 25.6 Å². The Labute approximate surface area is 204 Å². The highest BCUT2D eigenvalue weighted by atomic mass is 32.2. The van der Waals surface area contributed by atoms with Crippen molar-refractivity contribution < 1.29 is 25.6 Å². The molecule has 35 heavy (non-hydrogen) atoms. The molecule has 1 atom stereocenters. The summed E-state index contributed by atoms with van der Waals surface area (Å²) in [5.74, 6) is -3.77. The van der Waals surface area contributed by atoms with Crippen LogP contribution in [0.25, 0.3) is 11.1 Å². The average Bonchev–Trinajstić information content (AvgIpc) is 3.36. The summed E-state index contributed by atoms with van der Waals surface area (Å²) in [6, 6.07) is 7.15. The van der Waals surface area contributed by atoms with Gasteiger partial charge in [0.25, 0.3) is 5.92 Å². The van der Waals surface area contributed by atoms with E-state index in [2.05, 4.69) is 9.88 Å². The van der Waals surface area contributed by atoms with Crippen LogP contribution in [0.2, 0.25) is 0 Å². The monoisotopic (exact) mass is 527 g/mol. The van der Waals surface area contributed by atoms with Crippen molar-refractivity contribution in [1.82, 2.24) is 14.2 Å². The number of pyridine rings is 1. The zero-order chi connectivity index (χ0) is 25.2. The van der Waals surface area contributed by atoms with Gasteiger partial charge in [0.2, 0.25) is 10.0 Å². The van der Waals surface area contributed by atoms with E-state index in [-0.39, 0.29) is 13.0 Å². The number of rotatable bonds is 6. The van der Waals surface area contributed by atoms with Crippen LogP contribution in [0.5, 0.6) is 0 Å². The smallest absolute Gasteiger partial charge is 0.296 e. The van der Waals surface area contributed by atoms with Crippen molar-refractivity contribution in [2.75, 3.05) is 54.6 Å². The molecule has 13 heteroatoms. The molecule has 0 radical (unpaired) electrons. The predicted octanol–water partition coefficient (Wildman–Crippen LogP) is 1.98. The number of nitrogens with zero attached hydrogens (tertiary/aromatic N) is 5. The zero-order valence-electron chi connectivity index (χ0n) is 19.4. The van der Waals surface area contributed by atoms with E-state index >= 15 is 0 Å². The molecule has 1 saturated heterocycles. The van der Waals surface area contributed by atoms with Crippen LogP contribution in [0, 0.1) is 5.92 Å². The van der Waals surface area contributed by atoms with Gasteiger partial charge in [-0.05, 0) is 29.3 Å². The van der Waals surface area contributed by atoms with Gasteiger partial charge in [0.1, 0.15) is 0 Å². The zero-order valence-corrected chi connectivity index (χ0v) is 21.1. The minimum atomic E-state index is -3.91. The maximum atomic E-state index is 13.5. The fourth-order valence-corrected chi connectivity index (χ4v) is 6.92. The molecule has 1 aromatic carbocycles. The number of aromatic nitrogens is 1. The summed E-state index contributed by atoms with van der Waals surface area (Å²) in [7, 11) is -5.67. The molecule has 3 heterocycles. The van der Waals surface area contributed by atoms with E-state index in [1.807, 2.05) is 6.07 Å². The van der Waals surface area contributed by atoms with Crippen molar-refractivity contribution >= 4 is 31.6 Å². The van der Waals surface area contributed by atoms with E-state index in [1.54, 1.807) is 30.6 Å². The number of halogens is 2. The second-order valence-corrected chi connectivity index (χ2v) is 13.3. The molecule has 1 aliphatic carbocycles. The Bertz CT molecular complexity index is 1360. The fourth-order valence-electron chi connectivity index (χ4n) is 4.63. The molecule has 1 aromatic heterocycles. The van der Waals surface area contributed by atoms with E-state index in [4.69, 9.17) is 0 Å². The Balaban J connectivity index is 1.34. The van der Waals surface area contributed by atoms with Gasteiger partial charge in [0, 0.05) is 76.6 Å². The third-order valence-corrected chi connectivity index (χ3v) is 9.98. The summed E-state index contributed by atoms with van der Waals surface area (Å²) in [6.07, 6.45) is 4.38. The van der Waals surface area contributed by atoms with Crippen molar-refractivity contribution in [3.8, 4) is 11.1 Å². The molecule has 5 rings (SSSR count). The topological polar surface area (TPSA) is 94.1 Å². The van der Waals surface area contributed by atoms with E-state index < -0.39 is 32.1 Å². The summed E-state index contributed by atoms with van der Waals surface area (Å²) >= 11 is 0. The lowest BCUT2D eigenvalue weighted by atomic mass is 10.0. The van der Waals surface area contributed by atoms with Crippen LogP contribution < -0.4 is 8.61 Å². The average molecular weight is 528 g/mol. The van der Waals surface area contributed by atoms with Gasteiger partial charge in [-0.15, -0.1) is 0 Å². The van der Waals surface area contributed by atoms with Gasteiger partial charge in [-0.2, -0.15) is 12.7 Å². The van der Waals surface area contributed by atoms with Crippen molar-refractivity contribution in [1.29, 1.82) is 0 Å². The second-order valence-electron chi connectivity index (χ2n) is 9.39. The quantitative estimate of drug-likeness (QED) is 0.571. The van der Waals surface area contributed by atoms with E-state index in [0.29, 0.717) is 44.1 Å². The van der Waals surface area contributed by atoms with Gasteiger partial charge in [-0.3, -0.25) is 18.5 Å². The van der Waals surface area contributed by atoms with Gasteiger partial charge in [0.15, 0.2) is 0 Å². The van der Waals surface area contributed by atoms with Gasteiger partial charge in [-0.1, -0.05) is 6.07 Å². The number of hydrogen-bond donors (Lipinski definition) is 0. The highest BCUT2D eigenvalue weighted by molar-refractivity contribution is 7.94. The predicted molar refractivity (Wildman–Crippen MR) is 129 cm³/mol. The van der Waals surface area contributed by atoms with Crippen molar-refractivity contribution in [2.24, 2.45) is 5.92 Å². The van der Waals surface area contributed by atoms with E-state index in [0.717, 1.165) is 25.3 Å². The number of alkyl halides is 2. The molecule has 0 bridgehead atoms. The Morgan fingerprint density at radius 1 is 1.06 bits per heavy atom. The number of fused-ring (bicyclic) bond motifs is 1. The normalized spacial score (nSPS) is 23.9. The maximum Gasteiger partial charge on any atom is 0.326 e. The van der Waals surface area contributed by atoms with Crippen LogP contribution in [-0.4, -0.2) is 83.0 Å². The molecule has 2 aromatic rings. The highest BCUT2D eigenvalue weighted by Gasteiger charge is 2.59. The van der Waals surface area contributed by atoms with Crippen LogP contribution >= 0.6 is 0 Å². The molecule has 0 spiro atoms. The van der Waals surface area contributed by atoms with Crippen LogP contribution in [-0.2, 0) is 26.8 Å². The number of sulfonamides is 1. The molecule has 2 aliphatic heterocycles. The Hall–Kier alpha value is -2.35. The molecule has 0 amide bonds. The number of piperazine rings is 1. The molecule has 9 nitrogen and oxygen atoms in total. The first-order valence-electron chi connectivity index (χ1n) is 11.3. The molecule has 0 N–H and O–H groups in total. The van der Waals surface area contributed by atoms with Crippen molar-refractivity contribution in [3.63, 3.8) is 0 Å². The SMILES string of the molecule is CN1c2cc(-c3cncc(CN4CCN(S(C)(=O)=O)CC4)c3)ccc2N(CC2CC2(F)F)S1(=O)=O. The Morgan fingerprint density at radius 3 is 2.37 bits per heavy atom. The number of benzene rings is 1. The van der Waals surface area contributed by atoms with Crippen LogP contribution in [0.1, 0.15) is 12.0 Å². The summed E-state index contributed by atoms with van der Waals surface area (Å²) in [6.45, 7) is 2.50. The van der Waals surface area contributed by atoms with Gasteiger partial charge in [0.05, 0.1) is 17.6 Å². The Kier molecular flexibility index (Phi) is 5.81. The summed E-state index contributed by atoms with van der Waals surface area (Å²) < 4.78 is 79.8. The van der Waals surface area contributed by atoms with Gasteiger partial charge in [-0.25, -0.2) is 17.2 Å². The lowest BCUT2D eigenvalue weighted by Crippen LogP contribution is -2.47. The standard InChI is InChI=1S/C22H27F2N5O4S2/c1-26-21-10-17(3-4-20(21)29(35(26,32)33)15-19-11-22(19,23)24)18-9-16(12-25-13-18)14-27-5-7-28(8-6-27)34(2,30)31/h3-4,9-10,12-13,19H,5-8,11,14-15H2,1-2H3. The second kappa shape index (κ2) is 8.36. The summed E-state index contributed by atoms with van der Waals surface area (Å²) in [5.41, 5.74) is 3.36. The van der Waals surface area contributed by atoms with Crippen molar-refractivity contribution in [3.05, 3.63) is 42.2 Å². The van der Waals surface area contributed by atoms with Crippen molar-refractivity contribution in [2.45, 2.75) is 18.9 Å². The molecule has 1 unspecified atom stereocenters. The number of anilines is 2. The highest BCUT2D eigenvalue weighted by Crippen LogP contribution is 2.51. The third-order valence-electron chi connectivity index (χ3n) is 6.88. The van der Waals surface area contributed by atoms with Gasteiger partial charge < -0.3 is 0 Å². The molecule has 190 valence electrons. The molecule has 3 aliphatic rings. The first-order valence-corrected chi connectivity index (χ1v) is 14.5. The lowest BCUT2D eigenvalue weighted by molar-refractivity contribution is 0.101. The molecular formula is C22H27F2N5O4S2. The summed E-state index contributed by atoms with van der Waals surface area (Å²) in [4.78, 5) is 6.51. The van der Waals surface area contributed by atoms with Gasteiger partial charge >= 0.3 is 10.2 Å². The number of hydrogen-bond acceptors (Lipinski definition) is 6. The minimum Gasteiger partial charge on any atom is -0.296 e. The maximum absolute atomic E-state index is 13.5. The Morgan fingerprint density at radius 2 is 1.74 bits per heavy atom. The fraction of sp³-hybridized carbons (Fsp3) is 0.500. The van der Waals surface area contributed by atoms with Crippen LogP contribution in [0.15, 0.2) is 36.7 Å². The van der Waals surface area contributed by atoms with Crippen LogP contribution in [0.3, 0.4) is 0 Å². The van der Waals surface area contributed by atoms with E-state index in [1.165, 1.54) is 17.6 Å².